The van der Waals surface area contributed by atoms with Crippen LogP contribution in [-0.2, 0) is 29.3 Å². The molecule has 44 heavy (non-hydrogen) atoms. The maximum atomic E-state index is 13.2. The molecule has 0 atom stereocenters. The van der Waals surface area contributed by atoms with Crippen LogP contribution < -0.4 is 5.69 Å². The number of aromatic amines is 1. The van der Waals surface area contributed by atoms with Crippen molar-refractivity contribution in [2.45, 2.75) is 58.4 Å². The van der Waals surface area contributed by atoms with E-state index in [1.165, 1.54) is 16.4 Å². The highest BCUT2D eigenvalue weighted by Gasteiger charge is 2.31. The van der Waals surface area contributed by atoms with E-state index in [0.717, 1.165) is 74.0 Å². The molecule has 3 heterocycles. The van der Waals surface area contributed by atoms with Gasteiger partial charge in [0.15, 0.2) is 0 Å². The molecule has 0 saturated carbocycles. The van der Waals surface area contributed by atoms with Crippen molar-refractivity contribution in [2.75, 3.05) is 32.4 Å². The number of imidazole rings is 1. The summed E-state index contributed by atoms with van der Waals surface area (Å²) in [5.74, 6) is 0. The fraction of sp³-hybridized carbons (Fsp3) is 0.467. The molecule has 238 valence electrons. The summed E-state index contributed by atoms with van der Waals surface area (Å²) < 4.78 is 69.2. The standard InChI is InChI=1S/C30H36ClF3N6O3S/c1-4-38(44(3,42)43)19-25-20(2)39(36-28(25)21-6-8-22(9-7-21)30(32,33)34)15-5-14-37-16-12-24(13-17-37)40-27-18-23(31)10-11-26(27)35-29(40)41/h6-11,18,24H,4-5,12-17,19H2,1-3H3,(H,35,41). The second-order valence-corrected chi connectivity index (χ2v) is 13.7. The lowest BCUT2D eigenvalue weighted by Gasteiger charge is -2.32. The SMILES string of the molecule is CCN(Cc1c(-c2ccc(C(F)(F)F)cc2)nn(CCCN2CCC(n3c(=O)[nH]c4ccc(Cl)cc43)CC2)c1C)S(C)(=O)=O. The van der Waals surface area contributed by atoms with Gasteiger partial charge in [0.25, 0.3) is 0 Å². The summed E-state index contributed by atoms with van der Waals surface area (Å²) >= 11 is 6.19. The van der Waals surface area contributed by atoms with Crippen molar-refractivity contribution in [1.29, 1.82) is 0 Å². The zero-order valence-electron chi connectivity index (χ0n) is 24.9. The lowest BCUT2D eigenvalue weighted by atomic mass is 10.0. The lowest BCUT2D eigenvalue weighted by Crippen LogP contribution is -2.37. The molecule has 2 aromatic carbocycles. The minimum Gasteiger partial charge on any atom is -0.306 e. The number of alkyl halides is 3. The van der Waals surface area contributed by atoms with Gasteiger partial charge in [0.05, 0.1) is 28.5 Å². The molecule has 1 saturated heterocycles. The average Bonchev–Trinajstić information content (AvgIpc) is 3.45. The smallest absolute Gasteiger partial charge is 0.306 e. The van der Waals surface area contributed by atoms with Gasteiger partial charge in [0.2, 0.25) is 10.0 Å². The summed E-state index contributed by atoms with van der Waals surface area (Å²) in [6.07, 6.45) is -0.909. The third-order valence-electron chi connectivity index (χ3n) is 8.42. The van der Waals surface area contributed by atoms with E-state index >= 15 is 0 Å². The highest BCUT2D eigenvalue weighted by Crippen LogP contribution is 2.33. The normalized spacial score (nSPS) is 15.5. The molecule has 14 heteroatoms. The molecule has 4 aromatic rings. The Morgan fingerprint density at radius 3 is 2.39 bits per heavy atom. The van der Waals surface area contributed by atoms with Gasteiger partial charge in [-0.25, -0.2) is 13.2 Å². The van der Waals surface area contributed by atoms with Crippen LogP contribution in [0.2, 0.25) is 5.02 Å². The summed E-state index contributed by atoms with van der Waals surface area (Å²) in [4.78, 5) is 17.9. The number of benzene rings is 2. The van der Waals surface area contributed by atoms with Crippen LogP contribution in [0.15, 0.2) is 47.3 Å². The maximum absolute atomic E-state index is 13.2. The Morgan fingerprint density at radius 2 is 1.77 bits per heavy atom. The molecule has 1 N–H and O–H groups in total. The van der Waals surface area contributed by atoms with Crippen LogP contribution in [0.25, 0.3) is 22.3 Å². The first-order valence-corrected chi connectivity index (χ1v) is 16.8. The molecule has 0 aliphatic carbocycles. The zero-order valence-corrected chi connectivity index (χ0v) is 26.4. The zero-order chi connectivity index (χ0) is 31.8. The van der Waals surface area contributed by atoms with Crippen LogP contribution in [0.5, 0.6) is 0 Å². The fourth-order valence-corrected chi connectivity index (χ4v) is 6.98. The van der Waals surface area contributed by atoms with Crippen LogP contribution in [0.1, 0.15) is 49.0 Å². The van der Waals surface area contributed by atoms with Gasteiger partial charge in [0, 0.05) is 60.6 Å². The molecular formula is C30H36ClF3N6O3S. The molecule has 1 aliphatic heterocycles. The Morgan fingerprint density at radius 1 is 1.09 bits per heavy atom. The molecule has 2 aromatic heterocycles. The van der Waals surface area contributed by atoms with Crippen molar-refractivity contribution in [3.8, 4) is 11.3 Å². The number of halogens is 4. The fourth-order valence-electron chi connectivity index (χ4n) is 5.98. The Hall–Kier alpha value is -3.13. The molecule has 0 bridgehead atoms. The topological polar surface area (TPSA) is 96.2 Å². The number of likely N-dealkylation sites (tertiary alicyclic amines) is 1. The van der Waals surface area contributed by atoms with Crippen molar-refractivity contribution in [1.82, 2.24) is 28.5 Å². The number of rotatable bonds is 10. The number of H-pyrrole nitrogens is 1. The molecule has 0 radical (unpaired) electrons. The first kappa shape index (κ1) is 32.3. The van der Waals surface area contributed by atoms with Gasteiger partial charge in [-0.15, -0.1) is 0 Å². The number of sulfonamides is 1. The van der Waals surface area contributed by atoms with E-state index in [2.05, 4.69) is 9.88 Å². The Kier molecular flexibility index (Phi) is 9.31. The van der Waals surface area contributed by atoms with Crippen molar-refractivity contribution >= 4 is 32.7 Å². The van der Waals surface area contributed by atoms with Gasteiger partial charge in [0.1, 0.15) is 0 Å². The van der Waals surface area contributed by atoms with Gasteiger partial charge in [-0.1, -0.05) is 30.7 Å². The van der Waals surface area contributed by atoms with Crippen molar-refractivity contribution < 1.29 is 21.6 Å². The monoisotopic (exact) mass is 652 g/mol. The van der Waals surface area contributed by atoms with Gasteiger partial charge < -0.3 is 9.88 Å². The second kappa shape index (κ2) is 12.7. The van der Waals surface area contributed by atoms with Crippen LogP contribution in [0.4, 0.5) is 13.2 Å². The van der Waals surface area contributed by atoms with Crippen molar-refractivity contribution in [3.63, 3.8) is 0 Å². The minimum atomic E-state index is -4.46. The van der Waals surface area contributed by atoms with Crippen molar-refractivity contribution in [2.24, 2.45) is 0 Å². The predicted molar refractivity (Wildman–Crippen MR) is 165 cm³/mol. The number of fused-ring (bicyclic) bond motifs is 1. The number of piperidine rings is 1. The van der Waals surface area contributed by atoms with Crippen molar-refractivity contribution in [3.05, 3.63) is 74.8 Å². The van der Waals surface area contributed by atoms with Crippen LogP contribution in [-0.4, -0.2) is 69.4 Å². The van der Waals surface area contributed by atoms with E-state index in [1.807, 2.05) is 28.3 Å². The van der Waals surface area contributed by atoms with E-state index in [1.54, 1.807) is 13.0 Å². The molecule has 1 fully saturated rings. The summed E-state index contributed by atoms with van der Waals surface area (Å²) in [6.45, 7) is 6.94. The molecule has 0 spiro atoms. The Labute approximate surface area is 259 Å². The summed E-state index contributed by atoms with van der Waals surface area (Å²) in [5.41, 5.74) is 3.11. The number of nitrogens with zero attached hydrogens (tertiary/aromatic N) is 5. The molecule has 5 rings (SSSR count). The van der Waals surface area contributed by atoms with Gasteiger partial charge >= 0.3 is 11.9 Å². The second-order valence-electron chi connectivity index (χ2n) is 11.3. The average molecular weight is 653 g/mol. The molecule has 1 aliphatic rings. The predicted octanol–water partition coefficient (Wildman–Crippen LogP) is 5.68. The first-order chi connectivity index (χ1) is 20.8. The number of hydrogen-bond donors (Lipinski definition) is 1. The molecular weight excluding hydrogens is 617 g/mol. The minimum absolute atomic E-state index is 0.0729. The highest BCUT2D eigenvalue weighted by molar-refractivity contribution is 7.88. The molecule has 0 amide bonds. The van der Waals surface area contributed by atoms with E-state index in [9.17, 15) is 26.4 Å². The van der Waals surface area contributed by atoms with Crippen LogP contribution in [0, 0.1) is 6.92 Å². The lowest BCUT2D eigenvalue weighted by molar-refractivity contribution is -0.137. The first-order valence-electron chi connectivity index (χ1n) is 14.6. The molecule has 0 unspecified atom stereocenters. The quantitative estimate of drug-likeness (QED) is 0.238. The van der Waals surface area contributed by atoms with Crippen LogP contribution >= 0.6 is 11.6 Å². The number of aromatic nitrogens is 4. The number of nitrogens with one attached hydrogen (secondary N) is 1. The third-order valence-corrected chi connectivity index (χ3v) is 9.98. The summed E-state index contributed by atoms with van der Waals surface area (Å²) in [7, 11) is -3.50. The van der Waals surface area contributed by atoms with Crippen LogP contribution in [0.3, 0.4) is 0 Å². The third kappa shape index (κ3) is 6.90. The van der Waals surface area contributed by atoms with E-state index in [0.29, 0.717) is 28.4 Å². The highest BCUT2D eigenvalue weighted by atomic mass is 35.5. The maximum Gasteiger partial charge on any atom is 0.416 e. The van der Waals surface area contributed by atoms with E-state index < -0.39 is 21.8 Å². The van der Waals surface area contributed by atoms with E-state index in [4.69, 9.17) is 16.7 Å². The summed E-state index contributed by atoms with van der Waals surface area (Å²) in [5, 5.41) is 5.34. The number of aryl methyl sites for hydroxylation is 1. The van der Waals surface area contributed by atoms with Gasteiger partial charge in [-0.2, -0.15) is 22.6 Å². The van der Waals surface area contributed by atoms with Gasteiger partial charge in [-0.3, -0.25) is 9.25 Å². The Balaban J connectivity index is 1.28. The number of hydrogen-bond acceptors (Lipinski definition) is 5. The molecule has 9 nitrogen and oxygen atoms in total. The Bertz CT molecular complexity index is 1790. The van der Waals surface area contributed by atoms with Gasteiger partial charge in [-0.05, 0) is 63.1 Å². The van der Waals surface area contributed by atoms with E-state index in [-0.39, 0.29) is 24.8 Å². The summed E-state index contributed by atoms with van der Waals surface area (Å²) in [6, 6.07) is 10.3. The largest absolute Gasteiger partial charge is 0.416 e.